The molecule has 3 rings (SSSR count). The summed E-state index contributed by atoms with van der Waals surface area (Å²) < 4.78 is 14.2. The first-order valence-corrected chi connectivity index (χ1v) is 9.38. The average Bonchev–Trinajstić information content (AvgIpc) is 2.57. The van der Waals surface area contributed by atoms with Gasteiger partial charge >= 0.3 is 0 Å². The van der Waals surface area contributed by atoms with Crippen molar-refractivity contribution in [2.45, 2.75) is 69.3 Å². The first-order valence-electron chi connectivity index (χ1n) is 9.38. The molecule has 1 aromatic rings. The second kappa shape index (κ2) is 9.17. The van der Waals surface area contributed by atoms with Gasteiger partial charge in [0.05, 0.1) is 5.60 Å². The molecule has 0 bridgehead atoms. The van der Waals surface area contributed by atoms with Gasteiger partial charge in [0.15, 0.2) is 0 Å². The van der Waals surface area contributed by atoms with Crippen LogP contribution in [0.2, 0.25) is 0 Å². The lowest BCUT2D eigenvalue weighted by atomic mass is 9.70. The minimum absolute atomic E-state index is 0. The number of hydrogen-bond acceptors (Lipinski definition) is 2. The van der Waals surface area contributed by atoms with Gasteiger partial charge in [0.1, 0.15) is 5.82 Å². The molecule has 24 heavy (non-hydrogen) atoms. The average molecular weight is 356 g/mol. The van der Waals surface area contributed by atoms with Gasteiger partial charge in [-0.2, -0.15) is 0 Å². The molecule has 136 valence electrons. The molecule has 0 unspecified atom stereocenters. The fourth-order valence-corrected chi connectivity index (χ4v) is 4.52. The molecule has 0 amide bonds. The number of likely N-dealkylation sites (tertiary alicyclic amines) is 1. The molecule has 1 saturated carbocycles. The minimum Gasteiger partial charge on any atom is -0.389 e. The number of piperidine rings is 1. The van der Waals surface area contributed by atoms with E-state index in [1.807, 2.05) is 12.1 Å². The van der Waals surface area contributed by atoms with Crippen LogP contribution in [0, 0.1) is 5.82 Å². The van der Waals surface area contributed by atoms with E-state index in [0.29, 0.717) is 5.56 Å². The summed E-state index contributed by atoms with van der Waals surface area (Å²) in [5.41, 5.74) is -0.0105. The molecule has 1 saturated heterocycles. The topological polar surface area (TPSA) is 23.5 Å². The van der Waals surface area contributed by atoms with Crippen molar-refractivity contribution in [1.29, 1.82) is 0 Å². The fraction of sp³-hybridized carbons (Fsp3) is 0.700. The summed E-state index contributed by atoms with van der Waals surface area (Å²) in [5, 5.41) is 11.3. The van der Waals surface area contributed by atoms with E-state index >= 15 is 0 Å². The fourth-order valence-electron chi connectivity index (χ4n) is 4.52. The van der Waals surface area contributed by atoms with E-state index in [1.54, 1.807) is 6.07 Å². The van der Waals surface area contributed by atoms with Gasteiger partial charge < -0.3 is 10.0 Å². The number of halogens is 2. The lowest BCUT2D eigenvalue weighted by Crippen LogP contribution is -2.40. The van der Waals surface area contributed by atoms with E-state index in [-0.39, 0.29) is 24.1 Å². The van der Waals surface area contributed by atoms with Crippen molar-refractivity contribution in [2.75, 3.05) is 19.6 Å². The van der Waals surface area contributed by atoms with Crippen LogP contribution < -0.4 is 0 Å². The predicted octanol–water partition coefficient (Wildman–Crippen LogP) is 4.90. The summed E-state index contributed by atoms with van der Waals surface area (Å²) in [7, 11) is 0. The van der Waals surface area contributed by atoms with Crippen LogP contribution in [0.4, 0.5) is 4.39 Å². The summed E-state index contributed by atoms with van der Waals surface area (Å²) in [4.78, 5) is 2.52. The van der Waals surface area contributed by atoms with Crippen LogP contribution in [0.5, 0.6) is 0 Å². The Bertz CT molecular complexity index is 506. The third-order valence-corrected chi connectivity index (χ3v) is 5.81. The summed E-state index contributed by atoms with van der Waals surface area (Å²) in [6, 6.07) is 7.01. The van der Waals surface area contributed by atoms with Crippen LogP contribution in [0.3, 0.4) is 0 Å². The summed E-state index contributed by atoms with van der Waals surface area (Å²) >= 11 is 0. The number of aliphatic hydroxyl groups is 1. The van der Waals surface area contributed by atoms with Crippen LogP contribution in [0.1, 0.15) is 69.3 Å². The zero-order chi connectivity index (χ0) is 16.1. The Labute approximate surface area is 151 Å². The molecule has 0 spiro atoms. The maximum atomic E-state index is 14.2. The molecule has 2 aliphatic rings. The molecule has 1 aliphatic heterocycles. The molecule has 2 atom stereocenters. The normalized spacial score (nSPS) is 28.3. The predicted molar refractivity (Wildman–Crippen MR) is 99.3 cm³/mol. The molecular weight excluding hydrogens is 325 g/mol. The maximum Gasteiger partial charge on any atom is 0.126 e. The zero-order valence-electron chi connectivity index (χ0n) is 14.6. The second-order valence-corrected chi connectivity index (χ2v) is 7.43. The number of rotatable bonds is 5. The molecule has 0 radical (unpaired) electrons. The summed E-state index contributed by atoms with van der Waals surface area (Å²) in [6.07, 6.45) is 9.65. The number of hydrogen-bond donors (Lipinski definition) is 1. The van der Waals surface area contributed by atoms with Crippen LogP contribution in [0.15, 0.2) is 24.3 Å². The third-order valence-electron chi connectivity index (χ3n) is 5.81. The van der Waals surface area contributed by atoms with Crippen molar-refractivity contribution in [3.63, 3.8) is 0 Å². The molecule has 2 nitrogen and oxygen atoms in total. The van der Waals surface area contributed by atoms with Crippen LogP contribution in [-0.2, 0) is 0 Å². The van der Waals surface area contributed by atoms with E-state index in [2.05, 4.69) is 4.90 Å². The Kier molecular flexibility index (Phi) is 7.52. The van der Waals surface area contributed by atoms with Crippen molar-refractivity contribution in [2.24, 2.45) is 0 Å². The van der Waals surface area contributed by atoms with Crippen LogP contribution in [-0.4, -0.2) is 35.2 Å². The van der Waals surface area contributed by atoms with Gasteiger partial charge in [-0.25, -0.2) is 4.39 Å². The van der Waals surface area contributed by atoms with E-state index < -0.39 is 5.60 Å². The quantitative estimate of drug-likeness (QED) is 0.811. The third kappa shape index (κ3) is 4.71. The highest BCUT2D eigenvalue weighted by molar-refractivity contribution is 5.85. The molecule has 1 aromatic carbocycles. The van der Waals surface area contributed by atoms with Crippen molar-refractivity contribution in [1.82, 2.24) is 4.90 Å². The first kappa shape index (κ1) is 19.7. The SMILES string of the molecule is Cl.O[C@]1(CCCN2CCCCC2)CCCC[C@H]1c1ccccc1F. The number of nitrogens with zero attached hydrogens (tertiary/aromatic N) is 1. The lowest BCUT2D eigenvalue weighted by molar-refractivity contribution is -0.0287. The first-order chi connectivity index (χ1) is 11.2. The van der Waals surface area contributed by atoms with Crippen LogP contribution in [0.25, 0.3) is 0 Å². The van der Waals surface area contributed by atoms with E-state index in [9.17, 15) is 9.50 Å². The van der Waals surface area contributed by atoms with Gasteiger partial charge in [0.2, 0.25) is 0 Å². The Balaban J connectivity index is 0.00000208. The second-order valence-electron chi connectivity index (χ2n) is 7.43. The molecular formula is C20H31ClFNO. The largest absolute Gasteiger partial charge is 0.389 e. The van der Waals surface area contributed by atoms with Gasteiger partial charge in [0, 0.05) is 5.92 Å². The summed E-state index contributed by atoms with van der Waals surface area (Å²) in [5.74, 6) is -0.201. The zero-order valence-corrected chi connectivity index (χ0v) is 15.4. The highest BCUT2D eigenvalue weighted by Gasteiger charge is 2.40. The van der Waals surface area contributed by atoms with Gasteiger partial charge in [-0.15, -0.1) is 12.4 Å². The monoisotopic (exact) mass is 355 g/mol. The molecule has 2 fully saturated rings. The smallest absolute Gasteiger partial charge is 0.126 e. The molecule has 0 aromatic heterocycles. The van der Waals surface area contributed by atoms with E-state index in [0.717, 1.165) is 45.1 Å². The van der Waals surface area contributed by atoms with Crippen molar-refractivity contribution in [3.8, 4) is 0 Å². The Hall–Kier alpha value is -0.640. The van der Waals surface area contributed by atoms with Crippen molar-refractivity contribution >= 4 is 12.4 Å². The van der Waals surface area contributed by atoms with Crippen LogP contribution >= 0.6 is 12.4 Å². The standard InChI is InChI=1S/C20H30FNO.ClH/c21-19-11-3-2-9-17(19)18-10-4-5-12-20(18,23)13-8-16-22-14-6-1-7-15-22;/h2-3,9,11,18,23H,1,4-8,10,12-16H2;1H/t18-,20-;/m0./s1. The molecule has 1 heterocycles. The van der Waals surface area contributed by atoms with Crippen molar-refractivity contribution < 1.29 is 9.50 Å². The minimum atomic E-state index is -0.726. The van der Waals surface area contributed by atoms with Gasteiger partial charge in [-0.1, -0.05) is 37.5 Å². The maximum absolute atomic E-state index is 14.2. The van der Waals surface area contributed by atoms with Gasteiger partial charge in [0.25, 0.3) is 0 Å². The lowest BCUT2D eigenvalue weighted by Gasteiger charge is -2.41. The highest BCUT2D eigenvalue weighted by Crippen LogP contribution is 2.44. The highest BCUT2D eigenvalue weighted by atomic mass is 35.5. The number of benzene rings is 1. The molecule has 1 N–H and O–H groups in total. The van der Waals surface area contributed by atoms with Crippen molar-refractivity contribution in [3.05, 3.63) is 35.6 Å². The Morgan fingerprint density at radius 2 is 1.83 bits per heavy atom. The van der Waals surface area contributed by atoms with E-state index in [4.69, 9.17) is 0 Å². The Morgan fingerprint density at radius 3 is 2.58 bits per heavy atom. The van der Waals surface area contributed by atoms with Gasteiger partial charge in [-0.3, -0.25) is 0 Å². The molecule has 4 heteroatoms. The summed E-state index contributed by atoms with van der Waals surface area (Å²) in [6.45, 7) is 3.48. The van der Waals surface area contributed by atoms with Gasteiger partial charge in [-0.05, 0) is 69.8 Å². The Morgan fingerprint density at radius 1 is 1.08 bits per heavy atom. The molecule has 1 aliphatic carbocycles. The van der Waals surface area contributed by atoms with E-state index in [1.165, 1.54) is 38.4 Å².